The molecule has 27 heavy (non-hydrogen) atoms. The van der Waals surface area contributed by atoms with E-state index in [2.05, 4.69) is 10.6 Å². The molecule has 1 aliphatic heterocycles. The Kier molecular flexibility index (Phi) is 3.94. The lowest BCUT2D eigenvalue weighted by Crippen LogP contribution is -2.51. The Balaban J connectivity index is 1.42. The molecular weight excluding hydrogens is 352 g/mol. The van der Waals surface area contributed by atoms with Gasteiger partial charge in [-0.15, -0.1) is 0 Å². The lowest BCUT2D eigenvalue weighted by Gasteiger charge is -2.25. The highest BCUT2D eigenvalue weighted by Crippen LogP contribution is 2.52. The lowest BCUT2D eigenvalue weighted by atomic mass is 9.85. The fourth-order valence-corrected chi connectivity index (χ4v) is 4.43. The van der Waals surface area contributed by atoms with Crippen LogP contribution >= 0.6 is 0 Å². The van der Waals surface area contributed by atoms with Crippen molar-refractivity contribution in [3.05, 3.63) is 46.5 Å². The smallest absolute Gasteiger partial charge is 0.317 e. The third-order valence-electron chi connectivity index (χ3n) is 5.55. The molecule has 0 aromatic heterocycles. The summed E-state index contributed by atoms with van der Waals surface area (Å²) in [5.74, 6) is -0.928. The predicted octanol–water partition coefficient (Wildman–Crippen LogP) is 1.87. The zero-order valence-electron chi connectivity index (χ0n) is 14.5. The summed E-state index contributed by atoms with van der Waals surface area (Å²) in [5, 5.41) is 15.9. The first-order valence-corrected chi connectivity index (χ1v) is 8.74. The maximum atomic E-state index is 12.7. The van der Waals surface area contributed by atoms with Crippen molar-refractivity contribution in [2.45, 2.75) is 19.5 Å². The first kappa shape index (κ1) is 17.2. The average Bonchev–Trinajstić information content (AvgIpc) is 3.28. The number of rotatable bonds is 4. The summed E-state index contributed by atoms with van der Waals surface area (Å²) in [7, 11) is 0. The Bertz CT molecular complexity index is 852. The van der Waals surface area contributed by atoms with E-state index >= 15 is 0 Å². The van der Waals surface area contributed by atoms with Crippen LogP contribution in [-0.2, 0) is 9.59 Å². The molecule has 0 radical (unpaired) electrons. The van der Waals surface area contributed by atoms with Crippen LogP contribution in [0.25, 0.3) is 0 Å². The molecule has 3 aliphatic rings. The molecule has 0 spiro atoms. The van der Waals surface area contributed by atoms with Gasteiger partial charge in [-0.3, -0.25) is 24.6 Å². The van der Waals surface area contributed by atoms with Crippen molar-refractivity contribution in [2.24, 2.45) is 23.7 Å². The summed E-state index contributed by atoms with van der Waals surface area (Å²) in [6, 6.07) is 4.85. The predicted molar refractivity (Wildman–Crippen MR) is 94.3 cm³/mol. The number of likely N-dealkylation sites (tertiary alicyclic amines) is 1. The van der Waals surface area contributed by atoms with Crippen molar-refractivity contribution in [3.63, 3.8) is 0 Å². The van der Waals surface area contributed by atoms with Crippen LogP contribution in [0.4, 0.5) is 16.2 Å². The van der Waals surface area contributed by atoms with E-state index in [0.717, 1.165) is 11.3 Å². The number of benzene rings is 1. The highest BCUT2D eigenvalue weighted by atomic mass is 16.6. The van der Waals surface area contributed by atoms with Gasteiger partial charge in [0.15, 0.2) is 0 Å². The number of anilines is 1. The molecule has 1 saturated carbocycles. The van der Waals surface area contributed by atoms with Crippen molar-refractivity contribution in [1.29, 1.82) is 0 Å². The molecule has 2 bridgehead atoms. The number of nitro groups is 1. The number of amides is 4. The van der Waals surface area contributed by atoms with Crippen molar-refractivity contribution in [3.8, 4) is 0 Å². The van der Waals surface area contributed by atoms with Crippen molar-refractivity contribution in [2.75, 3.05) is 5.32 Å². The zero-order chi connectivity index (χ0) is 19.3. The maximum Gasteiger partial charge on any atom is 0.320 e. The van der Waals surface area contributed by atoms with Gasteiger partial charge in [-0.2, -0.15) is 0 Å². The van der Waals surface area contributed by atoms with Crippen LogP contribution in [0, 0.1) is 33.8 Å². The minimum atomic E-state index is -0.811. The first-order chi connectivity index (χ1) is 12.9. The van der Waals surface area contributed by atoms with E-state index in [9.17, 15) is 24.5 Å². The number of hydrogen-bond donors (Lipinski definition) is 2. The van der Waals surface area contributed by atoms with Gasteiger partial charge in [0.05, 0.1) is 16.8 Å². The molecule has 1 heterocycles. The number of non-ortho nitro benzene ring substituents is 1. The Morgan fingerprint density at radius 3 is 2.44 bits per heavy atom. The number of fused-ring (bicyclic) bond motifs is 5. The summed E-state index contributed by atoms with van der Waals surface area (Å²) in [6.45, 7) is 1.57. The number of urea groups is 1. The van der Waals surface area contributed by atoms with E-state index in [1.54, 1.807) is 6.92 Å². The molecule has 1 saturated heterocycles. The molecule has 4 amide bonds. The van der Waals surface area contributed by atoms with Crippen molar-refractivity contribution < 1.29 is 19.3 Å². The molecule has 4 rings (SSSR count). The fraction of sp³-hybridized carbons (Fsp3) is 0.389. The van der Waals surface area contributed by atoms with Crippen molar-refractivity contribution >= 4 is 29.2 Å². The Hall–Kier alpha value is -3.23. The molecule has 1 aromatic rings. The van der Waals surface area contributed by atoms with Crippen LogP contribution < -0.4 is 10.6 Å². The van der Waals surface area contributed by atoms with Crippen LogP contribution in [0.3, 0.4) is 0 Å². The van der Waals surface area contributed by atoms with Gasteiger partial charge in [-0.1, -0.05) is 18.2 Å². The minimum absolute atomic E-state index is 0.104. The van der Waals surface area contributed by atoms with E-state index in [-0.39, 0.29) is 46.9 Å². The Labute approximate surface area is 154 Å². The number of allylic oxidation sites excluding steroid dienone is 2. The molecule has 2 N–H and O–H groups in total. The topological polar surface area (TPSA) is 122 Å². The van der Waals surface area contributed by atoms with Crippen molar-refractivity contribution in [1.82, 2.24) is 10.2 Å². The number of nitro benzene ring substituents is 1. The summed E-state index contributed by atoms with van der Waals surface area (Å²) in [6.07, 6.45) is 4.05. The van der Waals surface area contributed by atoms with Gasteiger partial charge < -0.3 is 10.6 Å². The monoisotopic (exact) mass is 370 g/mol. The molecule has 9 nitrogen and oxygen atoms in total. The van der Waals surface area contributed by atoms with Gasteiger partial charge in [-0.25, -0.2) is 4.79 Å². The van der Waals surface area contributed by atoms with E-state index in [1.165, 1.54) is 24.3 Å². The molecule has 9 heteroatoms. The molecule has 5 atom stereocenters. The molecular formula is C18H18N4O5. The third-order valence-corrected chi connectivity index (χ3v) is 5.55. The van der Waals surface area contributed by atoms with Crippen LogP contribution in [0.2, 0.25) is 0 Å². The van der Waals surface area contributed by atoms with E-state index < -0.39 is 17.1 Å². The number of imide groups is 1. The zero-order valence-corrected chi connectivity index (χ0v) is 14.5. The Morgan fingerprint density at radius 1 is 1.22 bits per heavy atom. The molecule has 140 valence electrons. The highest BCUT2D eigenvalue weighted by molar-refractivity contribution is 6.07. The third kappa shape index (κ3) is 2.75. The summed E-state index contributed by atoms with van der Waals surface area (Å²) >= 11 is 0. The summed E-state index contributed by atoms with van der Waals surface area (Å²) in [5.41, 5.74) is 0.0913. The van der Waals surface area contributed by atoms with Crippen LogP contribution in [0.5, 0.6) is 0 Å². The minimum Gasteiger partial charge on any atom is -0.317 e. The second-order valence-electron chi connectivity index (χ2n) is 7.13. The molecule has 1 aromatic carbocycles. The van der Waals surface area contributed by atoms with Gasteiger partial charge in [0.1, 0.15) is 6.17 Å². The van der Waals surface area contributed by atoms with E-state index in [4.69, 9.17) is 0 Å². The number of nitrogens with one attached hydrogen (secondary N) is 2. The van der Waals surface area contributed by atoms with Gasteiger partial charge in [0, 0.05) is 17.8 Å². The molecule has 2 aliphatic carbocycles. The number of hydrogen-bond acceptors (Lipinski definition) is 5. The van der Waals surface area contributed by atoms with Crippen LogP contribution in [-0.4, -0.2) is 33.8 Å². The standard InChI is InChI=1S/C18H18N4O5/c1-9(19-18(25)20-12-3-2-4-13(8-12)22(26)27)21-16(23)14-10-5-6-11(7-10)15(14)17(21)24/h2-6,8-11,14-15H,7H2,1H3,(H2,19,20,25). The van der Waals surface area contributed by atoms with E-state index in [1.807, 2.05) is 12.2 Å². The highest BCUT2D eigenvalue weighted by Gasteiger charge is 2.60. The quantitative estimate of drug-likeness (QED) is 0.363. The first-order valence-electron chi connectivity index (χ1n) is 8.74. The van der Waals surface area contributed by atoms with E-state index in [0.29, 0.717) is 0 Å². The normalized spacial score (nSPS) is 29.0. The van der Waals surface area contributed by atoms with Gasteiger partial charge in [0.25, 0.3) is 5.69 Å². The largest absolute Gasteiger partial charge is 0.320 e. The summed E-state index contributed by atoms with van der Waals surface area (Å²) < 4.78 is 0. The van der Waals surface area contributed by atoms with Gasteiger partial charge in [-0.05, 0) is 31.2 Å². The van der Waals surface area contributed by atoms with Crippen LogP contribution in [0.15, 0.2) is 36.4 Å². The maximum absolute atomic E-state index is 12.7. The number of carbonyl (C=O) groups is 3. The molecule has 2 fully saturated rings. The van der Waals surface area contributed by atoms with Gasteiger partial charge >= 0.3 is 6.03 Å². The average molecular weight is 370 g/mol. The number of nitrogens with zero attached hydrogens (tertiary/aromatic N) is 2. The Morgan fingerprint density at radius 2 is 1.85 bits per heavy atom. The SMILES string of the molecule is CC(NC(=O)Nc1cccc([N+](=O)[O-])c1)N1C(=O)C2C3C=CC(C3)C2C1=O. The second-order valence-corrected chi connectivity index (χ2v) is 7.13. The second kappa shape index (κ2) is 6.19. The summed E-state index contributed by atoms with van der Waals surface area (Å²) in [4.78, 5) is 49.0. The number of carbonyl (C=O) groups excluding carboxylic acids is 3. The lowest BCUT2D eigenvalue weighted by molar-refractivity contribution is -0.384. The van der Waals surface area contributed by atoms with Crippen LogP contribution in [0.1, 0.15) is 13.3 Å². The fourth-order valence-electron chi connectivity index (χ4n) is 4.43. The van der Waals surface area contributed by atoms with Gasteiger partial charge in [0.2, 0.25) is 11.8 Å². The molecule has 5 unspecified atom stereocenters.